The molecule has 1 fully saturated rings. The van der Waals surface area contributed by atoms with E-state index in [0.717, 1.165) is 25.7 Å². The summed E-state index contributed by atoms with van der Waals surface area (Å²) in [6, 6.07) is 7.11. The molecule has 1 aromatic carbocycles. The van der Waals surface area contributed by atoms with Gasteiger partial charge in [-0.2, -0.15) is 0 Å². The zero-order chi connectivity index (χ0) is 13.0. The van der Waals surface area contributed by atoms with Crippen molar-refractivity contribution in [2.75, 3.05) is 13.2 Å². The van der Waals surface area contributed by atoms with Crippen LogP contribution in [0.4, 0.5) is 0 Å². The average molecular weight is 247 g/mol. The quantitative estimate of drug-likeness (QED) is 0.882. The van der Waals surface area contributed by atoms with Gasteiger partial charge in [-0.15, -0.1) is 0 Å². The molecular formula is C16H25NO. The first-order valence-corrected chi connectivity index (χ1v) is 7.04. The van der Waals surface area contributed by atoms with Gasteiger partial charge in [0.05, 0.1) is 0 Å². The van der Waals surface area contributed by atoms with E-state index >= 15 is 0 Å². The molecule has 1 aliphatic rings. The maximum atomic E-state index is 5.42. The molecule has 2 nitrogen and oxygen atoms in total. The Morgan fingerprint density at radius 1 is 1.22 bits per heavy atom. The van der Waals surface area contributed by atoms with Crippen LogP contribution in [0.5, 0.6) is 0 Å². The van der Waals surface area contributed by atoms with Crippen molar-refractivity contribution in [1.82, 2.24) is 5.32 Å². The van der Waals surface area contributed by atoms with Crippen LogP contribution in [0.15, 0.2) is 18.2 Å². The molecule has 1 unspecified atom stereocenters. The predicted molar refractivity (Wildman–Crippen MR) is 75.8 cm³/mol. The molecule has 1 saturated heterocycles. The Morgan fingerprint density at radius 2 is 1.83 bits per heavy atom. The van der Waals surface area contributed by atoms with Crippen molar-refractivity contribution < 1.29 is 4.74 Å². The van der Waals surface area contributed by atoms with Gasteiger partial charge < -0.3 is 10.1 Å². The fourth-order valence-electron chi connectivity index (χ4n) is 2.77. The number of hydrogen-bond acceptors (Lipinski definition) is 2. The lowest BCUT2D eigenvalue weighted by molar-refractivity contribution is 0.0557. The molecule has 1 aromatic rings. The van der Waals surface area contributed by atoms with E-state index in [1.807, 2.05) is 0 Å². The summed E-state index contributed by atoms with van der Waals surface area (Å²) in [6.45, 7) is 9.55. The highest BCUT2D eigenvalue weighted by Gasteiger charge is 2.20. The summed E-state index contributed by atoms with van der Waals surface area (Å²) in [4.78, 5) is 0. The van der Waals surface area contributed by atoms with E-state index in [-0.39, 0.29) is 0 Å². The largest absolute Gasteiger partial charge is 0.381 e. The van der Waals surface area contributed by atoms with Crippen molar-refractivity contribution in [3.63, 3.8) is 0 Å². The third-order valence-corrected chi connectivity index (χ3v) is 4.22. The minimum Gasteiger partial charge on any atom is -0.381 e. The summed E-state index contributed by atoms with van der Waals surface area (Å²) >= 11 is 0. The molecule has 2 heteroatoms. The van der Waals surface area contributed by atoms with Crippen LogP contribution < -0.4 is 5.32 Å². The monoisotopic (exact) mass is 247 g/mol. The average Bonchev–Trinajstić information content (AvgIpc) is 2.39. The van der Waals surface area contributed by atoms with Crippen molar-refractivity contribution in [2.45, 2.75) is 46.2 Å². The van der Waals surface area contributed by atoms with Crippen LogP contribution >= 0.6 is 0 Å². The fourth-order valence-corrected chi connectivity index (χ4v) is 2.77. The Kier molecular flexibility index (Phi) is 4.79. The molecule has 0 spiro atoms. The number of hydrogen-bond donors (Lipinski definition) is 1. The van der Waals surface area contributed by atoms with Crippen molar-refractivity contribution in [3.8, 4) is 0 Å². The fraction of sp³-hybridized carbons (Fsp3) is 0.625. The predicted octanol–water partition coefficient (Wildman–Crippen LogP) is 3.21. The van der Waals surface area contributed by atoms with Gasteiger partial charge in [-0.05, 0) is 56.2 Å². The molecule has 0 radical (unpaired) electrons. The highest BCUT2D eigenvalue weighted by Crippen LogP contribution is 2.20. The van der Waals surface area contributed by atoms with Gasteiger partial charge >= 0.3 is 0 Å². The van der Waals surface area contributed by atoms with Gasteiger partial charge in [-0.3, -0.25) is 0 Å². The molecule has 0 saturated carbocycles. The molecular weight excluding hydrogens is 222 g/mol. The maximum Gasteiger partial charge on any atom is 0.0469 e. The lowest BCUT2D eigenvalue weighted by atomic mass is 9.92. The molecule has 0 amide bonds. The van der Waals surface area contributed by atoms with Crippen LogP contribution in [0, 0.1) is 19.8 Å². The van der Waals surface area contributed by atoms with Gasteiger partial charge in [0.25, 0.3) is 0 Å². The lowest BCUT2D eigenvalue weighted by Gasteiger charge is -2.29. The van der Waals surface area contributed by atoms with E-state index in [1.54, 1.807) is 0 Å². The second-order valence-corrected chi connectivity index (χ2v) is 5.49. The van der Waals surface area contributed by atoms with E-state index in [4.69, 9.17) is 4.74 Å². The van der Waals surface area contributed by atoms with Crippen LogP contribution in [-0.2, 0) is 11.3 Å². The Hall–Kier alpha value is -0.860. The molecule has 100 valence electrons. The minimum atomic E-state index is 0.577. The van der Waals surface area contributed by atoms with Crippen molar-refractivity contribution in [3.05, 3.63) is 34.9 Å². The van der Waals surface area contributed by atoms with E-state index in [2.05, 4.69) is 44.3 Å². The third-order valence-electron chi connectivity index (χ3n) is 4.22. The van der Waals surface area contributed by atoms with Gasteiger partial charge in [-0.25, -0.2) is 0 Å². The summed E-state index contributed by atoms with van der Waals surface area (Å²) in [5.41, 5.74) is 4.24. The first-order valence-electron chi connectivity index (χ1n) is 7.04. The Labute approximate surface area is 111 Å². The molecule has 1 heterocycles. The zero-order valence-corrected chi connectivity index (χ0v) is 11.8. The van der Waals surface area contributed by atoms with Gasteiger partial charge in [0.15, 0.2) is 0 Å². The number of benzene rings is 1. The summed E-state index contributed by atoms with van der Waals surface area (Å²) in [6.07, 6.45) is 2.39. The summed E-state index contributed by atoms with van der Waals surface area (Å²) in [5, 5.41) is 3.69. The molecule has 0 aliphatic carbocycles. The molecule has 1 atom stereocenters. The van der Waals surface area contributed by atoms with Crippen LogP contribution in [0.25, 0.3) is 0 Å². The molecule has 0 aromatic heterocycles. The third kappa shape index (κ3) is 3.33. The number of ether oxygens (including phenoxy) is 1. The normalized spacial score (nSPS) is 18.8. The van der Waals surface area contributed by atoms with Crippen LogP contribution in [0.1, 0.15) is 36.5 Å². The number of aryl methyl sites for hydroxylation is 2. The molecule has 2 rings (SSSR count). The zero-order valence-electron chi connectivity index (χ0n) is 11.8. The van der Waals surface area contributed by atoms with Crippen molar-refractivity contribution in [1.29, 1.82) is 0 Å². The molecule has 18 heavy (non-hydrogen) atoms. The second-order valence-electron chi connectivity index (χ2n) is 5.49. The highest BCUT2D eigenvalue weighted by molar-refractivity contribution is 5.33. The van der Waals surface area contributed by atoms with E-state index in [0.29, 0.717) is 6.04 Å². The molecule has 0 bridgehead atoms. The summed E-state index contributed by atoms with van der Waals surface area (Å²) in [5.74, 6) is 0.767. The first-order chi connectivity index (χ1) is 8.68. The Balaban J connectivity index is 1.90. The first kappa shape index (κ1) is 13.6. The van der Waals surface area contributed by atoms with Crippen LogP contribution in [-0.4, -0.2) is 19.3 Å². The van der Waals surface area contributed by atoms with Gasteiger partial charge in [-0.1, -0.05) is 18.2 Å². The summed E-state index contributed by atoms with van der Waals surface area (Å²) < 4.78 is 5.42. The highest BCUT2D eigenvalue weighted by atomic mass is 16.5. The van der Waals surface area contributed by atoms with E-state index in [9.17, 15) is 0 Å². The standard InChI is InChI=1S/C16H25NO/c1-12-5-4-6-13(2)16(12)11-17-14(3)15-7-9-18-10-8-15/h4-6,14-15,17H,7-11H2,1-3H3. The maximum absolute atomic E-state index is 5.42. The van der Waals surface area contributed by atoms with Crippen molar-refractivity contribution >= 4 is 0 Å². The van der Waals surface area contributed by atoms with Gasteiger partial charge in [0.1, 0.15) is 0 Å². The van der Waals surface area contributed by atoms with Gasteiger partial charge in [0, 0.05) is 25.8 Å². The van der Waals surface area contributed by atoms with Crippen LogP contribution in [0.3, 0.4) is 0 Å². The topological polar surface area (TPSA) is 21.3 Å². The minimum absolute atomic E-state index is 0.577. The Bertz CT molecular complexity index is 362. The number of rotatable bonds is 4. The van der Waals surface area contributed by atoms with Crippen LogP contribution in [0.2, 0.25) is 0 Å². The lowest BCUT2D eigenvalue weighted by Crippen LogP contribution is -2.36. The van der Waals surface area contributed by atoms with E-state index in [1.165, 1.54) is 29.5 Å². The second kappa shape index (κ2) is 6.35. The van der Waals surface area contributed by atoms with Gasteiger partial charge in [0.2, 0.25) is 0 Å². The summed E-state index contributed by atoms with van der Waals surface area (Å²) in [7, 11) is 0. The Morgan fingerprint density at radius 3 is 2.44 bits per heavy atom. The van der Waals surface area contributed by atoms with E-state index < -0.39 is 0 Å². The molecule has 1 N–H and O–H groups in total. The van der Waals surface area contributed by atoms with Crippen molar-refractivity contribution in [2.24, 2.45) is 5.92 Å². The smallest absolute Gasteiger partial charge is 0.0469 e. The molecule has 1 aliphatic heterocycles. The SMILES string of the molecule is Cc1cccc(C)c1CNC(C)C1CCOCC1. The number of nitrogens with one attached hydrogen (secondary N) is 1.